The fraction of sp³-hybridized carbons (Fsp3) is 0.357. The Bertz CT molecular complexity index is 1550. The van der Waals surface area contributed by atoms with Crippen LogP contribution in [0.25, 0.3) is 27.3 Å². The van der Waals surface area contributed by atoms with Gasteiger partial charge in [-0.15, -0.1) is 0 Å². The van der Waals surface area contributed by atoms with Crippen molar-refractivity contribution in [3.05, 3.63) is 54.4 Å². The van der Waals surface area contributed by atoms with Crippen LogP contribution >= 0.6 is 0 Å². The second kappa shape index (κ2) is 8.33. The average molecular weight is 484 g/mol. The molecule has 2 fully saturated rings. The summed E-state index contributed by atoms with van der Waals surface area (Å²) in [7, 11) is 0. The maximum atomic E-state index is 13.3. The fourth-order valence-corrected chi connectivity index (χ4v) is 6.01. The van der Waals surface area contributed by atoms with Crippen molar-refractivity contribution in [1.29, 1.82) is 0 Å². The van der Waals surface area contributed by atoms with Gasteiger partial charge in [0.25, 0.3) is 5.91 Å². The molecule has 2 aliphatic rings. The van der Waals surface area contributed by atoms with Crippen LogP contribution in [0, 0.1) is 12.8 Å². The molecule has 1 aliphatic carbocycles. The van der Waals surface area contributed by atoms with E-state index in [2.05, 4.69) is 17.6 Å². The van der Waals surface area contributed by atoms with Gasteiger partial charge in [-0.3, -0.25) is 18.9 Å². The largest absolute Gasteiger partial charge is 0.325 e. The van der Waals surface area contributed by atoms with E-state index in [4.69, 9.17) is 4.98 Å². The molecule has 4 aromatic rings. The molecule has 1 saturated carbocycles. The van der Waals surface area contributed by atoms with Gasteiger partial charge in [0, 0.05) is 10.8 Å². The van der Waals surface area contributed by atoms with Gasteiger partial charge < -0.3 is 10.6 Å². The SMILES string of the molecule is CCC1CCC2(CC1)NC(=O)N(CC(=O)Nc1c3ccccc3n3c(C)nc4ccccc4c13)C2=O. The van der Waals surface area contributed by atoms with E-state index in [1.807, 2.05) is 59.9 Å². The van der Waals surface area contributed by atoms with Gasteiger partial charge in [0.15, 0.2) is 0 Å². The summed E-state index contributed by atoms with van der Waals surface area (Å²) < 4.78 is 2.04. The number of carbonyl (C=O) groups is 3. The summed E-state index contributed by atoms with van der Waals surface area (Å²) in [5.74, 6) is 0.699. The number of aryl methyl sites for hydroxylation is 1. The number of hydrogen-bond acceptors (Lipinski definition) is 4. The van der Waals surface area contributed by atoms with E-state index >= 15 is 0 Å². The Labute approximate surface area is 208 Å². The van der Waals surface area contributed by atoms with Crippen LogP contribution in [0.5, 0.6) is 0 Å². The van der Waals surface area contributed by atoms with E-state index < -0.39 is 17.5 Å². The molecule has 0 unspecified atom stereocenters. The molecule has 1 spiro atoms. The zero-order valence-corrected chi connectivity index (χ0v) is 20.5. The number of imide groups is 1. The Hall–Kier alpha value is -3.94. The maximum absolute atomic E-state index is 13.3. The van der Waals surface area contributed by atoms with Crippen molar-refractivity contribution in [2.24, 2.45) is 5.92 Å². The molecule has 0 bridgehead atoms. The second-order valence-corrected chi connectivity index (χ2v) is 10.1. The van der Waals surface area contributed by atoms with Crippen molar-refractivity contribution in [2.45, 2.75) is 51.5 Å². The number of aromatic nitrogens is 2. The third kappa shape index (κ3) is 3.35. The number of nitrogens with one attached hydrogen (secondary N) is 2. The highest BCUT2D eigenvalue weighted by Crippen LogP contribution is 2.38. The molecule has 6 rings (SSSR count). The van der Waals surface area contributed by atoms with Gasteiger partial charge in [-0.1, -0.05) is 49.7 Å². The lowest BCUT2D eigenvalue weighted by Gasteiger charge is -2.34. The number of amides is 4. The molecule has 2 aromatic carbocycles. The van der Waals surface area contributed by atoms with Crippen LogP contribution in [-0.2, 0) is 9.59 Å². The Morgan fingerprint density at radius 1 is 1.08 bits per heavy atom. The molecular weight excluding hydrogens is 454 g/mol. The van der Waals surface area contributed by atoms with Crippen LogP contribution in [0.4, 0.5) is 10.5 Å². The highest BCUT2D eigenvalue weighted by atomic mass is 16.2. The Morgan fingerprint density at radius 3 is 2.53 bits per heavy atom. The van der Waals surface area contributed by atoms with Crippen LogP contribution in [0.1, 0.15) is 44.9 Å². The van der Waals surface area contributed by atoms with Gasteiger partial charge in [0.05, 0.1) is 22.2 Å². The lowest BCUT2D eigenvalue weighted by Crippen LogP contribution is -2.49. The number of anilines is 1. The molecule has 3 heterocycles. The molecule has 4 amide bonds. The molecule has 36 heavy (non-hydrogen) atoms. The number of fused-ring (bicyclic) bond motifs is 5. The van der Waals surface area contributed by atoms with E-state index in [9.17, 15) is 14.4 Å². The van der Waals surface area contributed by atoms with Gasteiger partial charge in [-0.05, 0) is 50.7 Å². The Balaban J connectivity index is 1.34. The van der Waals surface area contributed by atoms with Crippen molar-refractivity contribution < 1.29 is 14.4 Å². The lowest BCUT2D eigenvalue weighted by atomic mass is 9.75. The number of carbonyl (C=O) groups excluding carboxylic acids is 3. The molecule has 0 radical (unpaired) electrons. The van der Waals surface area contributed by atoms with E-state index in [1.165, 1.54) is 0 Å². The summed E-state index contributed by atoms with van der Waals surface area (Å²) in [6.45, 7) is 3.78. The third-order valence-corrected chi connectivity index (χ3v) is 7.99. The van der Waals surface area contributed by atoms with Crippen LogP contribution < -0.4 is 10.6 Å². The number of urea groups is 1. The first-order valence-corrected chi connectivity index (χ1v) is 12.6. The lowest BCUT2D eigenvalue weighted by molar-refractivity contribution is -0.135. The molecule has 1 saturated heterocycles. The molecule has 184 valence electrons. The second-order valence-electron chi connectivity index (χ2n) is 10.1. The van der Waals surface area contributed by atoms with Crippen molar-refractivity contribution in [3.63, 3.8) is 0 Å². The van der Waals surface area contributed by atoms with Gasteiger partial charge in [-0.2, -0.15) is 0 Å². The first kappa shape index (κ1) is 22.5. The summed E-state index contributed by atoms with van der Waals surface area (Å²) in [5.41, 5.74) is 2.40. The summed E-state index contributed by atoms with van der Waals surface area (Å²) >= 11 is 0. The van der Waals surface area contributed by atoms with Crippen LogP contribution in [0.15, 0.2) is 48.5 Å². The standard InChI is InChI=1S/C28H29N5O3/c1-3-18-12-14-28(15-13-18)26(35)32(27(36)31-28)16-23(34)30-24-20-9-5-7-11-22(20)33-17(2)29-21-10-6-4-8-19(21)25(24)33/h4-11,18H,3,12-16H2,1-2H3,(H,30,34)(H,31,36). The van der Waals surface area contributed by atoms with Gasteiger partial charge in [0.1, 0.15) is 17.9 Å². The van der Waals surface area contributed by atoms with E-state index in [-0.39, 0.29) is 12.5 Å². The minimum atomic E-state index is -0.864. The summed E-state index contributed by atoms with van der Waals surface area (Å²) in [6, 6.07) is 15.2. The van der Waals surface area contributed by atoms with Crippen molar-refractivity contribution in [2.75, 3.05) is 11.9 Å². The first-order valence-electron chi connectivity index (χ1n) is 12.6. The smallest absolute Gasteiger partial charge is 0.323 e. The molecule has 0 atom stereocenters. The van der Waals surface area contributed by atoms with Crippen molar-refractivity contribution in [1.82, 2.24) is 19.6 Å². The minimum absolute atomic E-state index is 0.283. The number of rotatable bonds is 4. The number of nitrogens with zero attached hydrogens (tertiary/aromatic N) is 3. The van der Waals surface area contributed by atoms with E-state index in [0.717, 1.165) is 57.3 Å². The quantitative estimate of drug-likeness (QED) is 0.409. The van der Waals surface area contributed by atoms with E-state index in [0.29, 0.717) is 24.4 Å². The van der Waals surface area contributed by atoms with Gasteiger partial charge >= 0.3 is 6.03 Å². The first-order chi connectivity index (χ1) is 17.4. The summed E-state index contributed by atoms with van der Waals surface area (Å²) in [4.78, 5) is 45.3. The third-order valence-electron chi connectivity index (χ3n) is 7.99. The van der Waals surface area contributed by atoms with Crippen molar-refractivity contribution >= 4 is 50.9 Å². The molecular formula is C28H29N5O3. The monoisotopic (exact) mass is 483 g/mol. The topological polar surface area (TPSA) is 95.8 Å². The van der Waals surface area contributed by atoms with E-state index in [1.54, 1.807) is 0 Å². The average Bonchev–Trinajstić information content (AvgIpc) is 3.32. The zero-order valence-electron chi connectivity index (χ0n) is 20.5. The summed E-state index contributed by atoms with van der Waals surface area (Å²) in [6.07, 6.45) is 4.15. The van der Waals surface area contributed by atoms with Crippen molar-refractivity contribution in [3.8, 4) is 0 Å². The van der Waals surface area contributed by atoms with Crippen LogP contribution in [0.2, 0.25) is 0 Å². The number of para-hydroxylation sites is 2. The molecule has 8 heteroatoms. The highest BCUT2D eigenvalue weighted by Gasteiger charge is 2.52. The highest BCUT2D eigenvalue weighted by molar-refractivity contribution is 6.17. The van der Waals surface area contributed by atoms with Crippen LogP contribution in [0.3, 0.4) is 0 Å². The fourth-order valence-electron chi connectivity index (χ4n) is 6.01. The van der Waals surface area contributed by atoms with Gasteiger partial charge in [0.2, 0.25) is 5.91 Å². The molecule has 2 N–H and O–H groups in total. The van der Waals surface area contributed by atoms with Crippen LogP contribution in [-0.4, -0.2) is 44.2 Å². The number of benzene rings is 2. The normalized spacial score (nSPS) is 22.2. The Kier molecular flexibility index (Phi) is 5.21. The molecule has 2 aromatic heterocycles. The molecule has 8 nitrogen and oxygen atoms in total. The predicted molar refractivity (Wildman–Crippen MR) is 139 cm³/mol. The number of hydrogen-bond donors (Lipinski definition) is 2. The van der Waals surface area contributed by atoms with Gasteiger partial charge in [-0.25, -0.2) is 9.78 Å². The predicted octanol–water partition coefficient (Wildman–Crippen LogP) is 4.78. The molecule has 1 aliphatic heterocycles. The minimum Gasteiger partial charge on any atom is -0.323 e. The summed E-state index contributed by atoms with van der Waals surface area (Å²) in [5, 5.41) is 7.74. The Morgan fingerprint density at radius 2 is 1.78 bits per heavy atom. The maximum Gasteiger partial charge on any atom is 0.325 e. The zero-order chi connectivity index (χ0) is 25.0.